The Labute approximate surface area is 94.3 Å². The van der Waals surface area contributed by atoms with E-state index in [1.54, 1.807) is 0 Å². The average Bonchev–Trinajstić information content (AvgIpc) is 2.16. The van der Waals surface area contributed by atoms with E-state index >= 15 is 0 Å². The predicted octanol–water partition coefficient (Wildman–Crippen LogP) is 2.55. The topological polar surface area (TPSA) is 30.5 Å². The molecule has 1 aliphatic heterocycles. The van der Waals surface area contributed by atoms with Gasteiger partial charge in [0.1, 0.15) is 5.75 Å². The van der Waals surface area contributed by atoms with Gasteiger partial charge < -0.3 is 14.8 Å². The van der Waals surface area contributed by atoms with Crippen molar-refractivity contribution >= 4 is 17.3 Å². The smallest absolute Gasteiger partial charge is 0.142 e. The molecule has 0 saturated carbocycles. The first kappa shape index (κ1) is 10.6. The Kier molecular flexibility index (Phi) is 3.34. The molecule has 1 aromatic carbocycles. The standard InChI is InChI=1S/C11H14ClNO2/c1-2-15-11-4-3-8(12)5-10(11)13-9-6-14-7-9/h3-5,9,13H,2,6-7H2,1H3. The zero-order valence-electron chi connectivity index (χ0n) is 8.63. The van der Waals surface area contributed by atoms with Gasteiger partial charge >= 0.3 is 0 Å². The first-order valence-electron chi connectivity index (χ1n) is 5.06. The summed E-state index contributed by atoms with van der Waals surface area (Å²) in [4.78, 5) is 0. The molecule has 82 valence electrons. The number of anilines is 1. The summed E-state index contributed by atoms with van der Waals surface area (Å²) in [6, 6.07) is 5.97. The number of benzene rings is 1. The van der Waals surface area contributed by atoms with Gasteiger partial charge in [0.2, 0.25) is 0 Å². The molecule has 1 aromatic rings. The summed E-state index contributed by atoms with van der Waals surface area (Å²) in [5, 5.41) is 4.05. The van der Waals surface area contributed by atoms with E-state index < -0.39 is 0 Å². The van der Waals surface area contributed by atoms with Gasteiger partial charge in [-0.05, 0) is 25.1 Å². The lowest BCUT2D eigenvalue weighted by Crippen LogP contribution is -2.40. The highest BCUT2D eigenvalue weighted by molar-refractivity contribution is 6.30. The number of hydrogen-bond donors (Lipinski definition) is 1. The molecule has 2 rings (SSSR count). The molecule has 0 atom stereocenters. The van der Waals surface area contributed by atoms with Crippen LogP contribution in [0, 0.1) is 0 Å². The van der Waals surface area contributed by atoms with Crippen LogP contribution in [0.1, 0.15) is 6.92 Å². The fourth-order valence-electron chi connectivity index (χ4n) is 1.44. The maximum absolute atomic E-state index is 5.93. The van der Waals surface area contributed by atoms with E-state index in [4.69, 9.17) is 21.1 Å². The predicted molar refractivity (Wildman–Crippen MR) is 60.9 cm³/mol. The summed E-state index contributed by atoms with van der Waals surface area (Å²) >= 11 is 5.93. The highest BCUT2D eigenvalue weighted by Crippen LogP contribution is 2.29. The van der Waals surface area contributed by atoms with Gasteiger partial charge in [-0.3, -0.25) is 0 Å². The lowest BCUT2D eigenvalue weighted by molar-refractivity contribution is 0.0210. The van der Waals surface area contributed by atoms with Crippen LogP contribution in [0.2, 0.25) is 5.02 Å². The van der Waals surface area contributed by atoms with Crippen molar-refractivity contribution in [1.82, 2.24) is 0 Å². The second-order valence-electron chi connectivity index (χ2n) is 3.45. The number of hydrogen-bond acceptors (Lipinski definition) is 3. The molecule has 1 heterocycles. The zero-order valence-corrected chi connectivity index (χ0v) is 9.38. The molecule has 1 fully saturated rings. The Morgan fingerprint density at radius 3 is 2.93 bits per heavy atom. The molecule has 0 spiro atoms. The van der Waals surface area contributed by atoms with E-state index in [-0.39, 0.29) is 0 Å². The highest BCUT2D eigenvalue weighted by Gasteiger charge is 2.19. The minimum absolute atomic E-state index is 0.377. The summed E-state index contributed by atoms with van der Waals surface area (Å²) in [7, 11) is 0. The molecule has 0 bridgehead atoms. The first-order chi connectivity index (χ1) is 7.29. The Morgan fingerprint density at radius 2 is 2.33 bits per heavy atom. The maximum atomic E-state index is 5.93. The van der Waals surface area contributed by atoms with Crippen LogP contribution in [-0.2, 0) is 4.74 Å². The lowest BCUT2D eigenvalue weighted by atomic mass is 10.2. The third-order valence-electron chi connectivity index (χ3n) is 2.24. The Hall–Kier alpha value is -0.930. The molecule has 0 aliphatic carbocycles. The summed E-state index contributed by atoms with van der Waals surface area (Å²) in [6.07, 6.45) is 0. The molecule has 4 heteroatoms. The summed E-state index contributed by atoms with van der Waals surface area (Å²) in [6.45, 7) is 4.11. The second-order valence-corrected chi connectivity index (χ2v) is 3.89. The van der Waals surface area contributed by atoms with Gasteiger partial charge in [-0.25, -0.2) is 0 Å². The van der Waals surface area contributed by atoms with Crippen LogP contribution in [-0.4, -0.2) is 25.9 Å². The molecule has 0 unspecified atom stereocenters. The fourth-order valence-corrected chi connectivity index (χ4v) is 1.61. The van der Waals surface area contributed by atoms with Gasteiger partial charge in [0.15, 0.2) is 0 Å². The van der Waals surface area contributed by atoms with Crippen molar-refractivity contribution in [1.29, 1.82) is 0 Å². The van der Waals surface area contributed by atoms with E-state index in [0.717, 1.165) is 24.7 Å². The molecule has 0 amide bonds. The molecular weight excluding hydrogens is 214 g/mol. The van der Waals surface area contributed by atoms with Crippen LogP contribution >= 0.6 is 11.6 Å². The third kappa shape index (κ3) is 2.55. The van der Waals surface area contributed by atoms with E-state index in [1.165, 1.54) is 0 Å². The lowest BCUT2D eigenvalue weighted by Gasteiger charge is -2.28. The number of rotatable bonds is 4. The van der Waals surface area contributed by atoms with Crippen molar-refractivity contribution in [2.45, 2.75) is 13.0 Å². The molecule has 1 N–H and O–H groups in total. The first-order valence-corrected chi connectivity index (χ1v) is 5.44. The van der Waals surface area contributed by atoms with Crippen molar-refractivity contribution in [2.24, 2.45) is 0 Å². The third-order valence-corrected chi connectivity index (χ3v) is 2.47. The maximum Gasteiger partial charge on any atom is 0.142 e. The van der Waals surface area contributed by atoms with E-state index in [1.807, 2.05) is 25.1 Å². The minimum Gasteiger partial charge on any atom is -0.492 e. The highest BCUT2D eigenvalue weighted by atomic mass is 35.5. The van der Waals surface area contributed by atoms with Gasteiger partial charge in [-0.1, -0.05) is 11.6 Å². The molecule has 15 heavy (non-hydrogen) atoms. The number of ether oxygens (including phenoxy) is 2. The Morgan fingerprint density at radius 1 is 1.53 bits per heavy atom. The molecule has 0 aromatic heterocycles. The second kappa shape index (κ2) is 4.73. The van der Waals surface area contributed by atoms with Gasteiger partial charge in [0, 0.05) is 5.02 Å². The van der Waals surface area contributed by atoms with Gasteiger partial charge in [-0.2, -0.15) is 0 Å². The van der Waals surface area contributed by atoms with Crippen molar-refractivity contribution < 1.29 is 9.47 Å². The van der Waals surface area contributed by atoms with Crippen LogP contribution in [0.15, 0.2) is 18.2 Å². The quantitative estimate of drug-likeness (QED) is 0.858. The zero-order chi connectivity index (χ0) is 10.7. The van der Waals surface area contributed by atoms with Crippen molar-refractivity contribution in [2.75, 3.05) is 25.1 Å². The summed E-state index contributed by atoms with van der Waals surface area (Å²) in [5.74, 6) is 0.841. The van der Waals surface area contributed by atoms with Crippen LogP contribution in [0.3, 0.4) is 0 Å². The van der Waals surface area contributed by atoms with Crippen molar-refractivity contribution in [3.05, 3.63) is 23.2 Å². The van der Waals surface area contributed by atoms with E-state index in [9.17, 15) is 0 Å². The number of nitrogens with one attached hydrogen (secondary N) is 1. The number of halogens is 1. The molecule has 0 radical (unpaired) electrons. The molecular formula is C11H14ClNO2. The van der Waals surface area contributed by atoms with Crippen LogP contribution in [0.5, 0.6) is 5.75 Å². The van der Waals surface area contributed by atoms with Gasteiger partial charge in [0.25, 0.3) is 0 Å². The minimum atomic E-state index is 0.377. The van der Waals surface area contributed by atoms with E-state index in [2.05, 4.69) is 5.32 Å². The van der Waals surface area contributed by atoms with Crippen molar-refractivity contribution in [3.8, 4) is 5.75 Å². The Bertz CT molecular complexity index is 339. The SMILES string of the molecule is CCOc1ccc(Cl)cc1NC1COC1. The van der Waals surface area contributed by atoms with Crippen molar-refractivity contribution in [3.63, 3.8) is 0 Å². The van der Waals surface area contributed by atoms with E-state index in [0.29, 0.717) is 17.7 Å². The summed E-state index contributed by atoms with van der Waals surface area (Å²) in [5.41, 5.74) is 0.942. The van der Waals surface area contributed by atoms with Gasteiger partial charge in [0.05, 0.1) is 31.5 Å². The molecule has 1 saturated heterocycles. The normalized spacial score (nSPS) is 15.9. The Balaban J connectivity index is 2.13. The average molecular weight is 228 g/mol. The fraction of sp³-hybridized carbons (Fsp3) is 0.455. The van der Waals surface area contributed by atoms with Crippen LogP contribution in [0.25, 0.3) is 0 Å². The van der Waals surface area contributed by atoms with Crippen LogP contribution in [0.4, 0.5) is 5.69 Å². The summed E-state index contributed by atoms with van der Waals surface area (Å²) < 4.78 is 10.6. The van der Waals surface area contributed by atoms with Crippen LogP contribution < -0.4 is 10.1 Å². The van der Waals surface area contributed by atoms with Gasteiger partial charge in [-0.15, -0.1) is 0 Å². The molecule has 1 aliphatic rings. The molecule has 3 nitrogen and oxygen atoms in total. The largest absolute Gasteiger partial charge is 0.492 e. The monoisotopic (exact) mass is 227 g/mol.